The van der Waals surface area contributed by atoms with Crippen molar-refractivity contribution >= 4 is 10.2 Å². The normalized spacial score (nSPS) is 40.9. The third kappa shape index (κ3) is 3.35. The van der Waals surface area contributed by atoms with Crippen LogP contribution in [-0.2, 0) is 14.9 Å². The van der Waals surface area contributed by atoms with E-state index in [0.29, 0.717) is 0 Å². The van der Waals surface area contributed by atoms with Crippen LogP contribution in [0.1, 0.15) is 6.92 Å². The average Bonchev–Trinajstić information content (AvgIpc) is 2.17. The Morgan fingerprint density at radius 1 is 1.25 bits per heavy atom. The Kier molecular flexibility index (Phi) is 4.23. The monoisotopic (exact) mass is 256 g/mol. The van der Waals surface area contributed by atoms with E-state index in [2.05, 4.69) is 0 Å². The maximum absolute atomic E-state index is 10.6. The van der Waals surface area contributed by atoms with Gasteiger partial charge in [-0.3, -0.25) is 0 Å². The summed E-state index contributed by atoms with van der Waals surface area (Å²) in [4.78, 5) is 0. The fourth-order valence-corrected chi connectivity index (χ4v) is 1.90. The molecule has 1 fully saturated rings. The van der Waals surface area contributed by atoms with Crippen molar-refractivity contribution in [2.75, 3.05) is 6.54 Å². The van der Waals surface area contributed by atoms with Gasteiger partial charge < -0.3 is 20.1 Å². The van der Waals surface area contributed by atoms with Gasteiger partial charge in [-0.1, -0.05) is 0 Å². The van der Waals surface area contributed by atoms with E-state index in [1.807, 2.05) is 4.72 Å². The average molecular weight is 256 g/mol. The number of nitrogens with two attached hydrogens (primary N) is 1. The number of ether oxygens (including phenoxy) is 1. The molecule has 5 atom stereocenters. The smallest absolute Gasteiger partial charge is 0.274 e. The van der Waals surface area contributed by atoms with E-state index in [1.54, 1.807) is 0 Å². The maximum atomic E-state index is 10.6. The van der Waals surface area contributed by atoms with E-state index in [4.69, 9.17) is 9.88 Å². The van der Waals surface area contributed by atoms with Gasteiger partial charge in [0.05, 0.1) is 6.10 Å². The summed E-state index contributed by atoms with van der Waals surface area (Å²) < 4.78 is 28.3. The Hall–Kier alpha value is -0.290. The number of hydrogen-bond donors (Lipinski definition) is 5. The van der Waals surface area contributed by atoms with Crippen LogP contribution in [0.4, 0.5) is 0 Å². The zero-order valence-electron chi connectivity index (χ0n) is 8.65. The molecule has 0 aromatic heterocycles. The summed E-state index contributed by atoms with van der Waals surface area (Å²) in [7, 11) is -3.88. The number of nitrogens with one attached hydrogen (secondary N) is 1. The molecule has 0 radical (unpaired) electrons. The van der Waals surface area contributed by atoms with Crippen molar-refractivity contribution in [3.05, 3.63) is 0 Å². The van der Waals surface area contributed by atoms with Crippen LogP contribution >= 0.6 is 0 Å². The quantitative estimate of drug-likeness (QED) is 0.357. The van der Waals surface area contributed by atoms with Gasteiger partial charge in [0.2, 0.25) is 0 Å². The van der Waals surface area contributed by atoms with Gasteiger partial charge >= 0.3 is 0 Å². The number of aliphatic hydroxyl groups excluding tert-OH is 3. The summed E-state index contributed by atoms with van der Waals surface area (Å²) in [6.45, 7) is 1.23. The lowest BCUT2D eigenvalue weighted by atomic mass is 9.96. The molecule has 1 rings (SSSR count). The van der Waals surface area contributed by atoms with Crippen molar-refractivity contribution in [1.82, 2.24) is 4.72 Å². The Balaban J connectivity index is 2.61. The highest BCUT2D eigenvalue weighted by Crippen LogP contribution is 2.20. The van der Waals surface area contributed by atoms with Crippen LogP contribution in [0.5, 0.6) is 0 Å². The summed E-state index contributed by atoms with van der Waals surface area (Å²) in [5, 5.41) is 33.0. The van der Waals surface area contributed by atoms with Gasteiger partial charge in [0.1, 0.15) is 24.4 Å². The molecule has 0 aliphatic carbocycles. The molecule has 1 aliphatic rings. The molecule has 0 aromatic carbocycles. The standard InChI is InChI=1S/C7H16N2O6S/c1-3-5(10)7(12)6(11)4(15-3)2-9-16(8,13)14/h3-7,9-12H,2H2,1H3,(H2,8,13,14)/t3?,4?,5-,6-,7-/m1/s1. The molecule has 16 heavy (non-hydrogen) atoms. The van der Waals surface area contributed by atoms with Crippen molar-refractivity contribution in [3.63, 3.8) is 0 Å². The summed E-state index contributed by atoms with van der Waals surface area (Å²) >= 11 is 0. The van der Waals surface area contributed by atoms with Gasteiger partial charge in [-0.15, -0.1) is 0 Å². The van der Waals surface area contributed by atoms with Crippen molar-refractivity contribution < 1.29 is 28.5 Å². The van der Waals surface area contributed by atoms with Gasteiger partial charge in [-0.05, 0) is 6.92 Å². The van der Waals surface area contributed by atoms with Crippen LogP contribution in [0.15, 0.2) is 0 Å². The molecule has 0 spiro atoms. The molecule has 6 N–H and O–H groups in total. The first kappa shape index (κ1) is 13.8. The summed E-state index contributed by atoms with van der Waals surface area (Å²) in [6, 6.07) is 0. The molecule has 0 saturated carbocycles. The lowest BCUT2D eigenvalue weighted by molar-refractivity contribution is -0.214. The molecule has 1 aliphatic heterocycles. The highest BCUT2D eigenvalue weighted by Gasteiger charge is 2.41. The summed E-state index contributed by atoms with van der Waals surface area (Å²) in [5.74, 6) is 0. The van der Waals surface area contributed by atoms with Crippen LogP contribution in [0.25, 0.3) is 0 Å². The van der Waals surface area contributed by atoms with Crippen molar-refractivity contribution in [2.45, 2.75) is 37.4 Å². The Bertz CT molecular complexity index is 334. The maximum Gasteiger partial charge on any atom is 0.274 e. The minimum absolute atomic E-state index is 0.270. The van der Waals surface area contributed by atoms with Crippen LogP contribution < -0.4 is 9.86 Å². The summed E-state index contributed by atoms with van der Waals surface area (Å²) in [6.07, 6.45) is -5.62. The van der Waals surface area contributed by atoms with E-state index in [-0.39, 0.29) is 6.54 Å². The second-order valence-electron chi connectivity index (χ2n) is 3.74. The predicted octanol–water partition coefficient (Wildman–Crippen LogP) is -3.35. The van der Waals surface area contributed by atoms with Gasteiger partial charge in [-0.25, -0.2) is 5.14 Å². The molecule has 0 amide bonds. The molecule has 0 bridgehead atoms. The van der Waals surface area contributed by atoms with Gasteiger partial charge in [0, 0.05) is 6.54 Å². The Labute approximate surface area is 93.2 Å². The lowest BCUT2D eigenvalue weighted by Crippen LogP contribution is -2.59. The molecular formula is C7H16N2O6S. The van der Waals surface area contributed by atoms with Crippen LogP contribution in [-0.4, -0.2) is 60.8 Å². The number of aliphatic hydroxyl groups is 3. The third-order valence-corrected chi connectivity index (χ3v) is 3.01. The zero-order chi connectivity index (χ0) is 12.5. The van der Waals surface area contributed by atoms with Gasteiger partial charge in [0.15, 0.2) is 0 Å². The minimum Gasteiger partial charge on any atom is -0.388 e. The Morgan fingerprint density at radius 3 is 2.31 bits per heavy atom. The van der Waals surface area contributed by atoms with Crippen molar-refractivity contribution in [1.29, 1.82) is 0 Å². The van der Waals surface area contributed by atoms with Crippen molar-refractivity contribution in [2.24, 2.45) is 5.14 Å². The molecule has 8 nitrogen and oxygen atoms in total. The van der Waals surface area contributed by atoms with Crippen LogP contribution in [0.2, 0.25) is 0 Å². The molecule has 0 aromatic rings. The molecule has 9 heteroatoms. The first-order valence-corrected chi connectivity index (χ1v) is 6.24. The fourth-order valence-electron chi connectivity index (χ4n) is 1.50. The first-order chi connectivity index (χ1) is 7.22. The van der Waals surface area contributed by atoms with Crippen molar-refractivity contribution in [3.8, 4) is 0 Å². The molecular weight excluding hydrogens is 240 g/mol. The lowest BCUT2D eigenvalue weighted by Gasteiger charge is -2.39. The number of hydrogen-bond acceptors (Lipinski definition) is 6. The zero-order valence-corrected chi connectivity index (χ0v) is 9.46. The van der Waals surface area contributed by atoms with Gasteiger partial charge in [0.25, 0.3) is 10.2 Å². The van der Waals surface area contributed by atoms with Crippen LogP contribution in [0.3, 0.4) is 0 Å². The third-order valence-electron chi connectivity index (χ3n) is 2.44. The second-order valence-corrected chi connectivity index (χ2v) is 5.12. The van der Waals surface area contributed by atoms with E-state index in [9.17, 15) is 23.7 Å². The molecule has 96 valence electrons. The fraction of sp³-hybridized carbons (Fsp3) is 1.00. The van der Waals surface area contributed by atoms with Crippen LogP contribution in [0, 0.1) is 0 Å². The number of rotatable bonds is 3. The topological polar surface area (TPSA) is 142 Å². The minimum atomic E-state index is -3.88. The second kappa shape index (κ2) is 4.92. The predicted molar refractivity (Wildman–Crippen MR) is 53.5 cm³/mol. The van der Waals surface area contributed by atoms with E-state index in [0.717, 1.165) is 0 Å². The highest BCUT2D eigenvalue weighted by molar-refractivity contribution is 7.87. The van der Waals surface area contributed by atoms with E-state index >= 15 is 0 Å². The van der Waals surface area contributed by atoms with E-state index < -0.39 is 40.7 Å². The Morgan fingerprint density at radius 2 is 1.81 bits per heavy atom. The SMILES string of the molecule is CC1OC(CNS(N)(=O)=O)[C@@H](O)[C@H](O)[C@@H]1O. The molecule has 2 unspecified atom stereocenters. The molecule has 1 heterocycles. The van der Waals surface area contributed by atoms with E-state index in [1.165, 1.54) is 6.92 Å². The summed E-state index contributed by atoms with van der Waals surface area (Å²) in [5.41, 5.74) is 0. The largest absolute Gasteiger partial charge is 0.388 e. The first-order valence-electron chi connectivity index (χ1n) is 4.69. The highest BCUT2D eigenvalue weighted by atomic mass is 32.2. The van der Waals surface area contributed by atoms with Gasteiger partial charge in [-0.2, -0.15) is 13.1 Å². The molecule has 1 saturated heterocycles.